The van der Waals surface area contributed by atoms with Crippen molar-refractivity contribution in [3.63, 3.8) is 0 Å². The number of phenolic OH excluding ortho intramolecular Hbond substituents is 2. The van der Waals surface area contributed by atoms with Crippen LogP contribution in [0.5, 0.6) is 23.0 Å². The monoisotopic (exact) mass is 342 g/mol. The lowest BCUT2D eigenvalue weighted by atomic mass is 9.97. The van der Waals surface area contributed by atoms with Crippen LogP contribution in [-0.2, 0) is 4.74 Å². The van der Waals surface area contributed by atoms with Crippen molar-refractivity contribution >= 4 is 0 Å². The molecule has 2 atom stereocenters. The summed E-state index contributed by atoms with van der Waals surface area (Å²) < 4.78 is 16.7. The fourth-order valence-corrected chi connectivity index (χ4v) is 3.13. The van der Waals surface area contributed by atoms with Crippen molar-refractivity contribution in [1.29, 1.82) is 0 Å². The summed E-state index contributed by atoms with van der Waals surface area (Å²) in [7, 11) is 3.04. The third-order valence-electron chi connectivity index (χ3n) is 4.69. The maximum absolute atomic E-state index is 9.79. The minimum atomic E-state index is -0.223. The molecule has 2 aromatic rings. The number of benzene rings is 2. The van der Waals surface area contributed by atoms with Gasteiger partial charge in [-0.25, -0.2) is 0 Å². The van der Waals surface area contributed by atoms with Gasteiger partial charge >= 0.3 is 0 Å². The minimum Gasteiger partial charge on any atom is -0.504 e. The number of hydrogen-bond acceptors (Lipinski definition) is 5. The Morgan fingerprint density at radius 1 is 0.760 bits per heavy atom. The molecule has 2 aromatic carbocycles. The van der Waals surface area contributed by atoms with E-state index in [0.717, 1.165) is 22.3 Å². The van der Waals surface area contributed by atoms with Crippen molar-refractivity contribution in [1.82, 2.24) is 0 Å². The molecule has 0 amide bonds. The minimum absolute atomic E-state index is 0.0995. The van der Waals surface area contributed by atoms with Crippen LogP contribution >= 0.6 is 0 Å². The Morgan fingerprint density at radius 3 is 1.52 bits per heavy atom. The van der Waals surface area contributed by atoms with Crippen LogP contribution in [-0.4, -0.2) is 24.4 Å². The van der Waals surface area contributed by atoms with Crippen molar-refractivity contribution in [2.24, 2.45) is 0 Å². The predicted octanol–water partition coefficient (Wildman–Crippen LogP) is 4.26. The Bertz CT molecular complexity index is 757. The lowest BCUT2D eigenvalue weighted by molar-refractivity contribution is 0.0515. The number of hydrogen-bond donors (Lipinski definition) is 2. The van der Waals surface area contributed by atoms with Crippen molar-refractivity contribution in [2.45, 2.75) is 26.1 Å². The first-order valence-electron chi connectivity index (χ1n) is 8.02. The molecule has 0 radical (unpaired) electrons. The summed E-state index contributed by atoms with van der Waals surface area (Å²) >= 11 is 0. The van der Waals surface area contributed by atoms with Crippen molar-refractivity contribution in [3.8, 4) is 23.0 Å². The highest BCUT2D eigenvalue weighted by molar-refractivity contribution is 5.48. The summed E-state index contributed by atoms with van der Waals surface area (Å²) in [6.45, 7) is 4.08. The molecular formula is C20H22O5. The van der Waals surface area contributed by atoms with Crippen LogP contribution in [0.15, 0.2) is 47.5 Å². The average molecular weight is 342 g/mol. The van der Waals surface area contributed by atoms with E-state index < -0.39 is 0 Å². The van der Waals surface area contributed by atoms with Crippen LogP contribution in [0.4, 0.5) is 0 Å². The van der Waals surface area contributed by atoms with Crippen LogP contribution in [0.2, 0.25) is 0 Å². The maximum Gasteiger partial charge on any atom is 0.160 e. The molecule has 1 aliphatic rings. The van der Waals surface area contributed by atoms with Gasteiger partial charge in [-0.05, 0) is 60.4 Å². The van der Waals surface area contributed by atoms with E-state index in [9.17, 15) is 10.2 Å². The van der Waals surface area contributed by atoms with Gasteiger partial charge in [0.05, 0.1) is 14.2 Å². The van der Waals surface area contributed by atoms with Gasteiger partial charge in [-0.15, -0.1) is 0 Å². The number of rotatable bonds is 4. The summed E-state index contributed by atoms with van der Waals surface area (Å²) in [5.74, 6) is 1.03. The first kappa shape index (κ1) is 17.2. The van der Waals surface area contributed by atoms with Crippen LogP contribution in [0.1, 0.15) is 37.2 Å². The quantitative estimate of drug-likeness (QED) is 0.813. The third kappa shape index (κ3) is 3.03. The molecule has 1 aliphatic heterocycles. The molecule has 5 nitrogen and oxygen atoms in total. The molecular weight excluding hydrogens is 320 g/mol. The lowest BCUT2D eigenvalue weighted by Crippen LogP contribution is -2.04. The largest absolute Gasteiger partial charge is 0.504 e. The van der Waals surface area contributed by atoms with Crippen LogP contribution in [0.3, 0.4) is 0 Å². The van der Waals surface area contributed by atoms with Gasteiger partial charge in [-0.1, -0.05) is 12.1 Å². The third-order valence-corrected chi connectivity index (χ3v) is 4.69. The van der Waals surface area contributed by atoms with E-state index in [1.807, 2.05) is 26.0 Å². The fraction of sp³-hybridized carbons (Fsp3) is 0.300. The molecule has 2 N–H and O–H groups in total. The van der Waals surface area contributed by atoms with E-state index >= 15 is 0 Å². The van der Waals surface area contributed by atoms with Gasteiger partial charge in [0.2, 0.25) is 0 Å². The summed E-state index contributed by atoms with van der Waals surface area (Å²) in [4.78, 5) is 0. The number of aromatic hydroxyl groups is 2. The Kier molecular flexibility index (Phi) is 4.59. The second-order valence-electron chi connectivity index (χ2n) is 6.12. The highest BCUT2D eigenvalue weighted by Gasteiger charge is 2.32. The molecule has 0 spiro atoms. The normalized spacial score (nSPS) is 20.0. The van der Waals surface area contributed by atoms with Gasteiger partial charge in [0.1, 0.15) is 12.2 Å². The summed E-state index contributed by atoms with van der Waals surface area (Å²) in [6, 6.07) is 10.5. The topological polar surface area (TPSA) is 68.2 Å². The van der Waals surface area contributed by atoms with Gasteiger partial charge in [0.15, 0.2) is 23.0 Å². The molecule has 0 aliphatic carbocycles. The number of methoxy groups -OCH3 is 2. The van der Waals surface area contributed by atoms with Crippen molar-refractivity contribution in [3.05, 3.63) is 58.7 Å². The first-order valence-corrected chi connectivity index (χ1v) is 8.02. The molecule has 0 saturated carbocycles. The molecule has 132 valence electrons. The van der Waals surface area contributed by atoms with E-state index in [-0.39, 0.29) is 23.7 Å². The van der Waals surface area contributed by atoms with Gasteiger partial charge in [0, 0.05) is 0 Å². The van der Waals surface area contributed by atoms with Crippen LogP contribution in [0, 0.1) is 0 Å². The van der Waals surface area contributed by atoms with Crippen LogP contribution in [0.25, 0.3) is 0 Å². The zero-order valence-corrected chi connectivity index (χ0v) is 14.7. The summed E-state index contributed by atoms with van der Waals surface area (Å²) in [5.41, 5.74) is 4.06. The predicted molar refractivity (Wildman–Crippen MR) is 94.3 cm³/mol. The highest BCUT2D eigenvalue weighted by Crippen LogP contribution is 2.47. The maximum atomic E-state index is 9.79. The van der Waals surface area contributed by atoms with Crippen molar-refractivity contribution in [2.75, 3.05) is 14.2 Å². The average Bonchev–Trinajstić information content (AvgIpc) is 2.91. The Hall–Kier alpha value is -2.66. The van der Waals surface area contributed by atoms with Crippen LogP contribution < -0.4 is 9.47 Å². The molecule has 0 aromatic heterocycles. The highest BCUT2D eigenvalue weighted by atomic mass is 16.5. The second-order valence-corrected chi connectivity index (χ2v) is 6.12. The summed E-state index contributed by atoms with van der Waals surface area (Å²) in [5, 5.41) is 19.6. The van der Waals surface area contributed by atoms with E-state index in [2.05, 4.69) is 0 Å². The molecule has 5 heteroatoms. The number of ether oxygens (including phenoxy) is 3. The molecule has 25 heavy (non-hydrogen) atoms. The lowest BCUT2D eigenvalue weighted by Gasteiger charge is -2.18. The molecule has 3 rings (SSSR count). The van der Waals surface area contributed by atoms with E-state index in [4.69, 9.17) is 14.2 Å². The van der Waals surface area contributed by atoms with E-state index in [1.165, 1.54) is 14.2 Å². The SMILES string of the molecule is COc1cc([C@H]2O[C@H](c3ccc(O)c(OC)c3)C(C)=C2C)ccc1O. The Morgan fingerprint density at radius 2 is 1.16 bits per heavy atom. The van der Waals surface area contributed by atoms with Gasteiger partial charge < -0.3 is 24.4 Å². The second kappa shape index (κ2) is 6.69. The van der Waals surface area contributed by atoms with E-state index in [0.29, 0.717) is 11.5 Å². The molecule has 0 saturated heterocycles. The number of phenols is 2. The standard InChI is InChI=1S/C20H22O5/c1-11-12(2)20(14-6-8-16(22)18(10-14)24-4)25-19(11)13-5-7-15(21)17(9-13)23-3/h5-10,19-22H,1-4H3/t19-,20-/m0/s1. The summed E-state index contributed by atoms with van der Waals surface area (Å²) in [6.07, 6.45) is -0.446. The zero-order chi connectivity index (χ0) is 18.1. The molecule has 1 heterocycles. The zero-order valence-electron chi connectivity index (χ0n) is 14.7. The Labute approximate surface area is 147 Å². The molecule has 0 bridgehead atoms. The van der Waals surface area contributed by atoms with Gasteiger partial charge in [-0.3, -0.25) is 0 Å². The molecule has 0 fully saturated rings. The van der Waals surface area contributed by atoms with Gasteiger partial charge in [0.25, 0.3) is 0 Å². The molecule has 0 unspecified atom stereocenters. The smallest absolute Gasteiger partial charge is 0.160 e. The fourth-order valence-electron chi connectivity index (χ4n) is 3.13. The first-order chi connectivity index (χ1) is 12.0. The van der Waals surface area contributed by atoms with E-state index in [1.54, 1.807) is 24.3 Å². The van der Waals surface area contributed by atoms with Crippen molar-refractivity contribution < 1.29 is 24.4 Å². The Balaban J connectivity index is 1.95. The van der Waals surface area contributed by atoms with Gasteiger partial charge in [-0.2, -0.15) is 0 Å².